The monoisotopic (exact) mass is 505 g/mol. The number of hydrogen-bond acceptors (Lipinski definition) is 9. The number of imidazole rings is 1. The number of para-hydroxylation sites is 1. The van der Waals surface area contributed by atoms with Crippen molar-refractivity contribution < 1.29 is 29.2 Å². The molecule has 0 amide bonds. The first-order valence-corrected chi connectivity index (χ1v) is 11.6. The highest BCUT2D eigenvalue weighted by Crippen LogP contribution is 2.32. The van der Waals surface area contributed by atoms with Crippen molar-refractivity contribution in [3.63, 3.8) is 0 Å². The topological polar surface area (TPSA) is 135 Å². The van der Waals surface area contributed by atoms with Crippen LogP contribution in [0.5, 0.6) is 5.75 Å². The van der Waals surface area contributed by atoms with Crippen LogP contribution in [-0.4, -0.2) is 66.4 Å². The molecule has 2 aromatic heterocycles. The van der Waals surface area contributed by atoms with Crippen LogP contribution in [0.15, 0.2) is 60.9 Å². The van der Waals surface area contributed by atoms with Gasteiger partial charge in [-0.25, -0.2) is 19.3 Å². The zero-order chi connectivity index (χ0) is 25.8. The highest BCUT2D eigenvalue weighted by molar-refractivity contribution is 5.83. The fourth-order valence-electron chi connectivity index (χ4n) is 3.93. The van der Waals surface area contributed by atoms with E-state index in [1.807, 2.05) is 30.3 Å². The van der Waals surface area contributed by atoms with E-state index in [0.29, 0.717) is 29.3 Å². The first-order chi connectivity index (χ1) is 18.0. The fourth-order valence-corrected chi connectivity index (χ4v) is 3.93. The summed E-state index contributed by atoms with van der Waals surface area (Å²) in [6.45, 7) is -0.0200. The van der Waals surface area contributed by atoms with E-state index in [9.17, 15) is 19.7 Å². The summed E-state index contributed by atoms with van der Waals surface area (Å²) in [5.41, 5.74) is 1.51. The minimum atomic E-state index is -1.31. The predicted octanol–water partition coefficient (Wildman–Crippen LogP) is 1.62. The number of benzene rings is 2. The van der Waals surface area contributed by atoms with Crippen LogP contribution in [0, 0.1) is 17.7 Å². The molecule has 0 bridgehead atoms. The van der Waals surface area contributed by atoms with Gasteiger partial charge in [-0.1, -0.05) is 36.3 Å². The van der Waals surface area contributed by atoms with Gasteiger partial charge in [0.05, 0.1) is 12.9 Å². The van der Waals surface area contributed by atoms with Crippen molar-refractivity contribution in [3.8, 4) is 17.6 Å². The van der Waals surface area contributed by atoms with Crippen molar-refractivity contribution in [2.24, 2.45) is 0 Å². The molecule has 2 aromatic carbocycles. The molecule has 0 aliphatic carbocycles. The molecule has 1 unspecified atom stereocenters. The molecule has 1 fully saturated rings. The molecule has 1 saturated heterocycles. The van der Waals surface area contributed by atoms with Gasteiger partial charge in [0.1, 0.15) is 36.5 Å². The van der Waals surface area contributed by atoms with E-state index in [-0.39, 0.29) is 18.2 Å². The van der Waals surface area contributed by atoms with E-state index in [1.165, 1.54) is 23.0 Å². The van der Waals surface area contributed by atoms with Crippen LogP contribution in [0.4, 0.5) is 10.2 Å². The number of aromatic nitrogens is 4. The Labute approximate surface area is 211 Å². The third kappa shape index (κ3) is 5.37. The number of aliphatic hydroxyl groups is 3. The van der Waals surface area contributed by atoms with Gasteiger partial charge in [-0.15, -0.1) is 0 Å². The maximum Gasteiger partial charge on any atom is 0.209 e. The third-order valence-electron chi connectivity index (χ3n) is 5.84. The van der Waals surface area contributed by atoms with E-state index >= 15 is 0 Å². The predicted molar refractivity (Wildman–Crippen MR) is 131 cm³/mol. The quantitative estimate of drug-likeness (QED) is 0.276. The molecule has 0 spiro atoms. The number of nitrogens with one attached hydrogen (secondary N) is 1. The molecule has 4 N–H and O–H groups in total. The third-order valence-corrected chi connectivity index (χ3v) is 5.84. The SMILES string of the molecule is OCC1O[C@@H](n2cnc3c(NCc4ccc(F)cc4)nc(C#CCOc4ccccc4)nc32)[C@H](O)[C@@H]1O. The molecule has 0 saturated carbocycles. The molecule has 4 aromatic rings. The summed E-state index contributed by atoms with van der Waals surface area (Å²) in [7, 11) is 0. The average Bonchev–Trinajstić information content (AvgIpc) is 3.47. The van der Waals surface area contributed by atoms with Gasteiger partial charge in [0.25, 0.3) is 0 Å². The molecular weight excluding hydrogens is 481 g/mol. The summed E-state index contributed by atoms with van der Waals surface area (Å²) in [5, 5.41) is 33.4. The normalized spacial score (nSPS) is 21.0. The van der Waals surface area contributed by atoms with Crippen LogP contribution < -0.4 is 10.1 Å². The van der Waals surface area contributed by atoms with Crippen molar-refractivity contribution in [2.75, 3.05) is 18.5 Å². The smallest absolute Gasteiger partial charge is 0.209 e. The number of nitrogens with zero attached hydrogens (tertiary/aromatic N) is 4. The number of aliphatic hydroxyl groups excluding tert-OH is 3. The summed E-state index contributed by atoms with van der Waals surface area (Å²) in [5.74, 6) is 6.65. The molecular formula is C26H24FN5O5. The second-order valence-corrected chi connectivity index (χ2v) is 8.33. The first-order valence-electron chi connectivity index (χ1n) is 11.6. The van der Waals surface area contributed by atoms with Gasteiger partial charge in [-0.2, -0.15) is 0 Å². The average molecular weight is 506 g/mol. The Kier molecular flexibility index (Phi) is 7.25. The lowest BCUT2D eigenvalue weighted by Gasteiger charge is -2.16. The standard InChI is InChI=1S/C26H24FN5O5/c27-17-10-8-16(9-11-17)13-28-24-21-25(32(15-29-21)26-23(35)22(34)19(14-33)37-26)31-20(30-24)7-4-12-36-18-5-2-1-3-6-18/h1-3,5-6,8-11,15,19,22-23,26,33-35H,12-14H2,(H,28,30,31)/t19?,22-,23-,26-/m1/s1. The Balaban J connectivity index is 1.45. The van der Waals surface area contributed by atoms with Crippen LogP contribution >= 0.6 is 0 Å². The summed E-state index contributed by atoms with van der Waals surface area (Å²) in [6, 6.07) is 15.3. The van der Waals surface area contributed by atoms with Crippen LogP contribution in [0.2, 0.25) is 0 Å². The van der Waals surface area contributed by atoms with E-state index in [2.05, 4.69) is 32.1 Å². The van der Waals surface area contributed by atoms with Crippen molar-refractivity contribution in [3.05, 3.63) is 78.1 Å². The summed E-state index contributed by atoms with van der Waals surface area (Å²) in [4.78, 5) is 13.4. The van der Waals surface area contributed by atoms with Gasteiger partial charge in [0, 0.05) is 6.54 Å². The lowest BCUT2D eigenvalue weighted by atomic mass is 10.1. The Hall–Kier alpha value is -4.08. The van der Waals surface area contributed by atoms with Gasteiger partial charge >= 0.3 is 0 Å². The number of fused-ring (bicyclic) bond motifs is 1. The van der Waals surface area contributed by atoms with Gasteiger partial charge in [-0.05, 0) is 35.7 Å². The van der Waals surface area contributed by atoms with Gasteiger partial charge in [-0.3, -0.25) is 4.57 Å². The number of hydrogen-bond donors (Lipinski definition) is 4. The van der Waals surface area contributed by atoms with Crippen molar-refractivity contribution in [1.29, 1.82) is 0 Å². The fraction of sp³-hybridized carbons (Fsp3) is 0.269. The zero-order valence-electron chi connectivity index (χ0n) is 19.5. The molecule has 0 radical (unpaired) electrons. The second kappa shape index (κ2) is 10.9. The zero-order valence-corrected chi connectivity index (χ0v) is 19.5. The molecule has 1 aliphatic rings. The van der Waals surface area contributed by atoms with Crippen molar-refractivity contribution >= 4 is 17.0 Å². The number of anilines is 1. The number of halogens is 1. The minimum absolute atomic E-state index is 0.109. The summed E-state index contributed by atoms with van der Waals surface area (Å²) < 4.78 is 26.0. The maximum absolute atomic E-state index is 13.3. The largest absolute Gasteiger partial charge is 0.481 e. The molecule has 37 heavy (non-hydrogen) atoms. The van der Waals surface area contributed by atoms with Gasteiger partial charge in [0.2, 0.25) is 5.82 Å². The number of ether oxygens (including phenoxy) is 2. The van der Waals surface area contributed by atoms with Gasteiger partial charge < -0.3 is 30.1 Å². The van der Waals surface area contributed by atoms with E-state index < -0.39 is 31.1 Å². The van der Waals surface area contributed by atoms with E-state index in [0.717, 1.165) is 5.56 Å². The lowest BCUT2D eigenvalue weighted by molar-refractivity contribution is -0.0511. The Morgan fingerprint density at radius 3 is 2.57 bits per heavy atom. The van der Waals surface area contributed by atoms with Crippen LogP contribution in [0.25, 0.3) is 11.2 Å². The summed E-state index contributed by atoms with van der Waals surface area (Å²) >= 11 is 0. The summed E-state index contributed by atoms with van der Waals surface area (Å²) in [6.07, 6.45) is -3.16. The second-order valence-electron chi connectivity index (χ2n) is 8.33. The maximum atomic E-state index is 13.3. The lowest BCUT2D eigenvalue weighted by Crippen LogP contribution is -2.33. The Bertz CT molecular complexity index is 1420. The highest BCUT2D eigenvalue weighted by atomic mass is 19.1. The van der Waals surface area contributed by atoms with Crippen LogP contribution in [-0.2, 0) is 11.3 Å². The molecule has 10 nitrogen and oxygen atoms in total. The Morgan fingerprint density at radius 1 is 1.05 bits per heavy atom. The van der Waals surface area contributed by atoms with Gasteiger partial charge in [0.15, 0.2) is 23.2 Å². The van der Waals surface area contributed by atoms with Crippen molar-refractivity contribution in [2.45, 2.75) is 31.1 Å². The van der Waals surface area contributed by atoms with Crippen molar-refractivity contribution in [1.82, 2.24) is 19.5 Å². The van der Waals surface area contributed by atoms with Crippen LogP contribution in [0.3, 0.4) is 0 Å². The molecule has 4 atom stereocenters. The molecule has 11 heteroatoms. The highest BCUT2D eigenvalue weighted by Gasteiger charge is 2.44. The number of rotatable bonds is 7. The van der Waals surface area contributed by atoms with E-state index in [4.69, 9.17) is 9.47 Å². The van der Waals surface area contributed by atoms with E-state index in [1.54, 1.807) is 12.1 Å². The first kappa shape index (κ1) is 24.6. The van der Waals surface area contributed by atoms with Crippen LogP contribution in [0.1, 0.15) is 17.6 Å². The molecule has 3 heterocycles. The molecule has 5 rings (SSSR count). The molecule has 190 valence electrons. The molecule has 1 aliphatic heterocycles. The Morgan fingerprint density at radius 2 is 1.84 bits per heavy atom. The minimum Gasteiger partial charge on any atom is -0.481 e.